The molecule has 0 aliphatic rings. The molecular formula is C20H19NO8S. The monoisotopic (exact) mass is 433 g/mol. The molecule has 0 radical (unpaired) electrons. The van der Waals surface area contributed by atoms with Crippen molar-refractivity contribution in [1.29, 1.82) is 0 Å². The summed E-state index contributed by atoms with van der Waals surface area (Å²) < 4.78 is 25.2. The summed E-state index contributed by atoms with van der Waals surface area (Å²) in [5, 5.41) is 26.3. The van der Waals surface area contributed by atoms with Crippen LogP contribution >= 0.6 is 0 Å². The van der Waals surface area contributed by atoms with Gasteiger partial charge in [-0.05, 0) is 41.3 Å². The molecule has 0 atom stereocenters. The topological polar surface area (TPSA) is 158 Å². The van der Waals surface area contributed by atoms with E-state index in [0.29, 0.717) is 16.7 Å². The highest BCUT2D eigenvalue weighted by Crippen LogP contribution is 2.19. The second-order valence-electron chi connectivity index (χ2n) is 6.39. The summed E-state index contributed by atoms with van der Waals surface area (Å²) in [6.07, 6.45) is 2.29. The fourth-order valence-corrected chi connectivity index (χ4v) is 3.93. The lowest BCUT2D eigenvalue weighted by atomic mass is 9.99. The standard InChI is InChI=1S/C20H19NO8S/c22-18(21-27)10-7-13-5-8-16(9-6-13)30(28,29)12-15-3-1-14(2-4-15)11-17(19(23)24)20(25)26/h1-10,17,27H,11-12H2,(H,21,22)(H,23,24)(H,25,26)/b10-7+. The number of carbonyl (C=O) groups excluding carboxylic acids is 1. The highest BCUT2D eigenvalue weighted by Gasteiger charge is 2.26. The summed E-state index contributed by atoms with van der Waals surface area (Å²) in [6, 6.07) is 11.8. The summed E-state index contributed by atoms with van der Waals surface area (Å²) in [4.78, 5) is 33.0. The Bertz CT molecular complexity index is 1040. The molecule has 0 aromatic heterocycles. The molecule has 0 bridgehead atoms. The van der Waals surface area contributed by atoms with Crippen molar-refractivity contribution in [2.75, 3.05) is 0 Å². The van der Waals surface area contributed by atoms with Crippen LogP contribution in [0.15, 0.2) is 59.5 Å². The Morgan fingerprint density at radius 1 is 0.900 bits per heavy atom. The molecule has 4 N–H and O–H groups in total. The minimum Gasteiger partial charge on any atom is -0.481 e. The van der Waals surface area contributed by atoms with Gasteiger partial charge in [-0.25, -0.2) is 13.9 Å². The fraction of sp³-hybridized carbons (Fsp3) is 0.150. The maximum atomic E-state index is 12.6. The molecule has 0 aliphatic heterocycles. The van der Waals surface area contributed by atoms with Gasteiger partial charge in [-0.15, -0.1) is 0 Å². The molecule has 0 saturated heterocycles. The van der Waals surface area contributed by atoms with Crippen LogP contribution in [0.2, 0.25) is 0 Å². The van der Waals surface area contributed by atoms with Gasteiger partial charge in [0.1, 0.15) is 0 Å². The zero-order valence-corrected chi connectivity index (χ0v) is 16.4. The van der Waals surface area contributed by atoms with Gasteiger partial charge in [-0.3, -0.25) is 19.6 Å². The molecule has 0 aliphatic carbocycles. The van der Waals surface area contributed by atoms with Gasteiger partial charge in [0.15, 0.2) is 15.8 Å². The molecule has 0 spiro atoms. The maximum Gasteiger partial charge on any atom is 0.318 e. The Kier molecular flexibility index (Phi) is 7.45. The number of sulfone groups is 1. The van der Waals surface area contributed by atoms with Crippen LogP contribution in [-0.2, 0) is 36.4 Å². The van der Waals surface area contributed by atoms with E-state index in [-0.39, 0.29) is 17.1 Å². The minimum absolute atomic E-state index is 0.0761. The van der Waals surface area contributed by atoms with E-state index in [1.807, 2.05) is 0 Å². The third-order valence-corrected chi connectivity index (χ3v) is 5.90. The molecular weight excluding hydrogens is 414 g/mol. The van der Waals surface area contributed by atoms with E-state index in [9.17, 15) is 22.8 Å². The van der Waals surface area contributed by atoms with Gasteiger partial charge in [0.2, 0.25) is 0 Å². The van der Waals surface area contributed by atoms with E-state index in [1.165, 1.54) is 60.1 Å². The molecule has 10 heteroatoms. The smallest absolute Gasteiger partial charge is 0.318 e. The number of hydrogen-bond acceptors (Lipinski definition) is 6. The number of aliphatic carboxylic acids is 2. The van der Waals surface area contributed by atoms with Crippen LogP contribution in [0.4, 0.5) is 0 Å². The van der Waals surface area contributed by atoms with Crippen molar-refractivity contribution in [3.63, 3.8) is 0 Å². The number of hydroxylamine groups is 1. The van der Waals surface area contributed by atoms with Crippen LogP contribution in [0.5, 0.6) is 0 Å². The number of amides is 1. The zero-order chi connectivity index (χ0) is 22.3. The van der Waals surface area contributed by atoms with Gasteiger partial charge in [0.25, 0.3) is 5.91 Å². The quantitative estimate of drug-likeness (QED) is 0.200. The first-order chi connectivity index (χ1) is 14.1. The van der Waals surface area contributed by atoms with E-state index < -0.39 is 33.6 Å². The second kappa shape index (κ2) is 9.81. The lowest BCUT2D eigenvalue weighted by Crippen LogP contribution is -2.25. The first kappa shape index (κ1) is 22.8. The molecule has 30 heavy (non-hydrogen) atoms. The van der Waals surface area contributed by atoms with Crippen molar-refractivity contribution in [3.8, 4) is 0 Å². The van der Waals surface area contributed by atoms with Crippen LogP contribution in [-0.4, -0.2) is 41.7 Å². The Morgan fingerprint density at radius 2 is 1.43 bits per heavy atom. The highest BCUT2D eigenvalue weighted by molar-refractivity contribution is 7.90. The average Bonchev–Trinajstić information content (AvgIpc) is 2.71. The molecule has 158 valence electrons. The number of rotatable bonds is 9. The molecule has 0 fully saturated rings. The van der Waals surface area contributed by atoms with Gasteiger partial charge in [-0.1, -0.05) is 36.4 Å². The van der Waals surface area contributed by atoms with Gasteiger partial charge in [0, 0.05) is 6.08 Å². The van der Waals surface area contributed by atoms with Crippen molar-refractivity contribution in [1.82, 2.24) is 5.48 Å². The molecule has 9 nitrogen and oxygen atoms in total. The average molecular weight is 433 g/mol. The first-order valence-electron chi connectivity index (χ1n) is 8.61. The fourth-order valence-electron chi connectivity index (χ4n) is 2.59. The summed E-state index contributed by atoms with van der Waals surface area (Å²) in [7, 11) is -3.66. The molecule has 0 unspecified atom stereocenters. The third-order valence-electron chi connectivity index (χ3n) is 4.19. The van der Waals surface area contributed by atoms with Crippen molar-refractivity contribution < 1.29 is 38.2 Å². The molecule has 0 saturated carbocycles. The lowest BCUT2D eigenvalue weighted by Gasteiger charge is -2.09. The Balaban J connectivity index is 2.09. The molecule has 2 aromatic rings. The first-order valence-corrected chi connectivity index (χ1v) is 10.3. The van der Waals surface area contributed by atoms with Crippen molar-refractivity contribution in [3.05, 3.63) is 71.3 Å². The number of hydrogen-bond donors (Lipinski definition) is 4. The summed E-state index contributed by atoms with van der Waals surface area (Å²) in [5.41, 5.74) is 2.94. The largest absolute Gasteiger partial charge is 0.481 e. The van der Waals surface area contributed by atoms with Crippen LogP contribution < -0.4 is 5.48 Å². The summed E-state index contributed by atoms with van der Waals surface area (Å²) >= 11 is 0. The molecule has 2 rings (SSSR count). The SMILES string of the molecule is O=C(/C=C/c1ccc(S(=O)(=O)Cc2ccc(CC(C(=O)O)C(=O)O)cc2)cc1)NO. The van der Waals surface area contributed by atoms with E-state index >= 15 is 0 Å². The van der Waals surface area contributed by atoms with Crippen molar-refractivity contribution in [2.24, 2.45) is 5.92 Å². The van der Waals surface area contributed by atoms with E-state index in [0.717, 1.165) is 6.08 Å². The van der Waals surface area contributed by atoms with E-state index in [2.05, 4.69) is 0 Å². The van der Waals surface area contributed by atoms with Crippen molar-refractivity contribution >= 4 is 33.8 Å². The Morgan fingerprint density at radius 3 is 1.93 bits per heavy atom. The molecule has 0 heterocycles. The molecule has 1 amide bonds. The number of nitrogens with one attached hydrogen (secondary N) is 1. The zero-order valence-electron chi connectivity index (χ0n) is 15.6. The van der Waals surface area contributed by atoms with Gasteiger partial charge in [0.05, 0.1) is 10.6 Å². The summed E-state index contributed by atoms with van der Waals surface area (Å²) in [6.45, 7) is 0. The Hall–Kier alpha value is -3.50. The van der Waals surface area contributed by atoms with E-state index in [4.69, 9.17) is 15.4 Å². The number of carboxylic acid groups (broad SMARTS) is 2. The lowest BCUT2D eigenvalue weighted by molar-refractivity contribution is -0.154. The molecule has 2 aromatic carbocycles. The maximum absolute atomic E-state index is 12.6. The van der Waals surface area contributed by atoms with E-state index in [1.54, 1.807) is 0 Å². The van der Waals surface area contributed by atoms with Crippen molar-refractivity contribution in [2.45, 2.75) is 17.1 Å². The minimum atomic E-state index is -3.66. The highest BCUT2D eigenvalue weighted by atomic mass is 32.2. The van der Waals surface area contributed by atoms with Gasteiger partial charge >= 0.3 is 11.9 Å². The number of carboxylic acids is 2. The predicted molar refractivity (Wildman–Crippen MR) is 105 cm³/mol. The normalized spacial score (nSPS) is 11.5. The number of carbonyl (C=O) groups is 3. The number of benzene rings is 2. The van der Waals surface area contributed by atoms with Gasteiger partial charge in [-0.2, -0.15) is 0 Å². The van der Waals surface area contributed by atoms with Crippen LogP contribution in [0.1, 0.15) is 16.7 Å². The Labute approximate surface area is 172 Å². The predicted octanol–water partition coefficient (Wildman–Crippen LogP) is 1.51. The van der Waals surface area contributed by atoms with Crippen LogP contribution in [0, 0.1) is 5.92 Å². The third kappa shape index (κ3) is 6.26. The van der Waals surface area contributed by atoms with Gasteiger partial charge < -0.3 is 10.2 Å². The summed E-state index contributed by atoms with van der Waals surface area (Å²) in [5.74, 6) is -5.46. The second-order valence-corrected chi connectivity index (χ2v) is 8.38. The van der Waals surface area contributed by atoms with Crippen LogP contribution in [0.25, 0.3) is 6.08 Å². The van der Waals surface area contributed by atoms with Crippen LogP contribution in [0.3, 0.4) is 0 Å².